The maximum Gasteiger partial charge on any atom is 0.472 e. The Hall–Kier alpha value is -1.94. The van der Waals surface area contributed by atoms with E-state index in [1.54, 1.807) is 0 Å². The molecule has 3 N–H and O–H groups in total. The van der Waals surface area contributed by atoms with Gasteiger partial charge in [-0.1, -0.05) is 273 Å². The molecule has 0 fully saturated rings. The second kappa shape index (κ2) is 57.5. The van der Waals surface area contributed by atoms with Crippen molar-refractivity contribution < 1.29 is 80.2 Å². The van der Waals surface area contributed by atoms with E-state index >= 15 is 0 Å². The number of ether oxygens (including phenoxy) is 4. The van der Waals surface area contributed by atoms with E-state index in [1.165, 1.54) is 141 Å². The molecule has 0 rings (SSSR count). The minimum Gasteiger partial charge on any atom is -0.462 e. The lowest BCUT2D eigenvalue weighted by atomic mass is 9.99. The Morgan fingerprint density at radius 2 is 0.607 bits per heavy atom. The number of esters is 4. The van der Waals surface area contributed by atoms with Crippen molar-refractivity contribution in [2.75, 3.05) is 39.6 Å². The van der Waals surface area contributed by atoms with Crippen LogP contribution in [0.25, 0.3) is 0 Å². The van der Waals surface area contributed by atoms with Crippen LogP contribution >= 0.6 is 15.6 Å². The second-order valence-electron chi connectivity index (χ2n) is 24.2. The van der Waals surface area contributed by atoms with Gasteiger partial charge in [0, 0.05) is 25.7 Å². The molecule has 0 aromatic carbocycles. The van der Waals surface area contributed by atoms with E-state index in [9.17, 15) is 43.2 Å². The third kappa shape index (κ3) is 57.8. The third-order valence-electron chi connectivity index (χ3n) is 15.3. The zero-order valence-corrected chi connectivity index (χ0v) is 56.0. The zero-order chi connectivity index (χ0) is 62.2. The van der Waals surface area contributed by atoms with Gasteiger partial charge < -0.3 is 33.8 Å². The summed E-state index contributed by atoms with van der Waals surface area (Å²) < 4.78 is 68.0. The van der Waals surface area contributed by atoms with Crippen molar-refractivity contribution in [1.29, 1.82) is 0 Å². The van der Waals surface area contributed by atoms with Crippen LogP contribution in [0.1, 0.15) is 324 Å². The lowest BCUT2D eigenvalue weighted by Gasteiger charge is -2.21. The molecule has 0 aromatic rings. The van der Waals surface area contributed by atoms with Gasteiger partial charge in [0.25, 0.3) is 0 Å². The first-order valence-corrected chi connectivity index (χ1v) is 37.0. The molecule has 3 unspecified atom stereocenters. The number of aliphatic hydroxyl groups excluding tert-OH is 1. The highest BCUT2D eigenvalue weighted by molar-refractivity contribution is 7.47. The van der Waals surface area contributed by atoms with Gasteiger partial charge in [-0.15, -0.1) is 0 Å². The summed E-state index contributed by atoms with van der Waals surface area (Å²) in [6.07, 6.45) is 40.2. The molecule has 0 saturated carbocycles. The fourth-order valence-corrected chi connectivity index (χ4v) is 11.3. The molecule has 0 amide bonds. The van der Waals surface area contributed by atoms with Gasteiger partial charge in [-0.25, -0.2) is 9.13 Å². The molecule has 19 heteroatoms. The number of rotatable bonds is 64. The van der Waals surface area contributed by atoms with Gasteiger partial charge >= 0.3 is 39.5 Å². The summed E-state index contributed by atoms with van der Waals surface area (Å²) in [6.45, 7) is 9.45. The molecule has 0 spiro atoms. The third-order valence-corrected chi connectivity index (χ3v) is 17.2. The quantitative estimate of drug-likeness (QED) is 0.0222. The summed E-state index contributed by atoms with van der Waals surface area (Å²) in [4.78, 5) is 72.2. The van der Waals surface area contributed by atoms with Crippen LogP contribution in [-0.2, 0) is 65.4 Å². The standard InChI is InChI=1S/C65H126O17P2/c1-7-10-12-14-16-18-19-20-22-30-36-42-48-63(68)76-54-61(82-65(70)50-44-38-32-26-24-28-34-40-46-58(6)9-3)56-80-84(73,74)78-52-59(66)51-77-83(71,72)79-55-60(53-75-62(67)47-41-35-29-21-17-15-13-11-8-2)81-64(69)49-43-37-31-25-23-27-33-39-45-57(4)5/h57-61,66H,7-56H2,1-6H3,(H,71,72)(H,73,74)/t58?,59-,60+,61+/m0/s1. The van der Waals surface area contributed by atoms with E-state index in [0.29, 0.717) is 25.7 Å². The van der Waals surface area contributed by atoms with Gasteiger partial charge in [-0.3, -0.25) is 37.3 Å². The van der Waals surface area contributed by atoms with Gasteiger partial charge in [0.1, 0.15) is 19.3 Å². The average molecular weight is 1240 g/mol. The first-order chi connectivity index (χ1) is 40.4. The molecule has 498 valence electrons. The van der Waals surface area contributed by atoms with E-state index in [2.05, 4.69) is 41.5 Å². The van der Waals surface area contributed by atoms with Crippen LogP contribution < -0.4 is 0 Å². The number of hydrogen-bond donors (Lipinski definition) is 3. The molecule has 0 heterocycles. The molecule has 0 bridgehead atoms. The van der Waals surface area contributed by atoms with Gasteiger partial charge in [-0.05, 0) is 37.5 Å². The van der Waals surface area contributed by atoms with Crippen LogP contribution in [0, 0.1) is 11.8 Å². The van der Waals surface area contributed by atoms with Crippen LogP contribution in [0.2, 0.25) is 0 Å². The van der Waals surface area contributed by atoms with Gasteiger partial charge in [0.15, 0.2) is 12.2 Å². The molecular formula is C65H126O17P2. The fourth-order valence-electron chi connectivity index (χ4n) is 9.68. The fraction of sp³-hybridized carbons (Fsp3) is 0.938. The normalized spacial score (nSPS) is 14.6. The predicted octanol–water partition coefficient (Wildman–Crippen LogP) is 18.0. The number of aliphatic hydroxyl groups is 1. The molecule has 6 atom stereocenters. The van der Waals surface area contributed by atoms with Crippen molar-refractivity contribution in [3.63, 3.8) is 0 Å². The van der Waals surface area contributed by atoms with Crippen LogP contribution in [-0.4, -0.2) is 96.7 Å². The first kappa shape index (κ1) is 82.1. The van der Waals surface area contributed by atoms with E-state index in [-0.39, 0.29) is 25.7 Å². The topological polar surface area (TPSA) is 237 Å². The van der Waals surface area contributed by atoms with Crippen molar-refractivity contribution in [3.8, 4) is 0 Å². The maximum atomic E-state index is 13.0. The number of carbonyl (C=O) groups is 4. The Morgan fingerprint density at radius 1 is 0.345 bits per heavy atom. The monoisotopic (exact) mass is 1240 g/mol. The van der Waals surface area contributed by atoms with Crippen molar-refractivity contribution in [1.82, 2.24) is 0 Å². The van der Waals surface area contributed by atoms with E-state index in [0.717, 1.165) is 102 Å². The minimum absolute atomic E-state index is 0.104. The summed E-state index contributed by atoms with van der Waals surface area (Å²) in [5, 5.41) is 10.5. The number of hydrogen-bond acceptors (Lipinski definition) is 15. The predicted molar refractivity (Wildman–Crippen MR) is 335 cm³/mol. The molecule has 0 aliphatic carbocycles. The number of carbonyl (C=O) groups excluding carboxylic acids is 4. The Bertz CT molecular complexity index is 1650. The summed E-state index contributed by atoms with van der Waals surface area (Å²) in [6, 6.07) is 0. The first-order valence-electron chi connectivity index (χ1n) is 34.0. The van der Waals surface area contributed by atoms with Crippen LogP contribution in [0.15, 0.2) is 0 Å². The van der Waals surface area contributed by atoms with Crippen LogP contribution in [0.3, 0.4) is 0 Å². The molecular weight excluding hydrogens is 1110 g/mol. The Morgan fingerprint density at radius 3 is 0.905 bits per heavy atom. The minimum atomic E-state index is -4.95. The van der Waals surface area contributed by atoms with E-state index < -0.39 is 97.5 Å². The SMILES string of the molecule is CCCCCCCCCCCCCCC(=O)OC[C@H](COP(=O)(O)OC[C@@H](O)COP(=O)(O)OC[C@@H](COC(=O)CCCCCCCCCCC)OC(=O)CCCCCCCCCCC(C)C)OC(=O)CCCCCCCCCCC(C)CC. The molecule has 0 aromatic heterocycles. The molecule has 0 radical (unpaired) electrons. The molecule has 84 heavy (non-hydrogen) atoms. The smallest absolute Gasteiger partial charge is 0.462 e. The number of phosphoric acid groups is 2. The lowest BCUT2D eigenvalue weighted by Crippen LogP contribution is -2.30. The van der Waals surface area contributed by atoms with Gasteiger partial charge in [0.05, 0.1) is 26.4 Å². The zero-order valence-electron chi connectivity index (χ0n) is 54.2. The molecule has 0 aliphatic rings. The van der Waals surface area contributed by atoms with Crippen molar-refractivity contribution in [2.45, 2.75) is 342 Å². The molecule has 0 aliphatic heterocycles. The average Bonchev–Trinajstić information content (AvgIpc) is 3.58. The highest BCUT2D eigenvalue weighted by atomic mass is 31.2. The maximum absolute atomic E-state index is 13.0. The number of phosphoric ester groups is 2. The second-order valence-corrected chi connectivity index (χ2v) is 27.1. The summed E-state index contributed by atoms with van der Waals surface area (Å²) in [5.41, 5.74) is 0. The number of unbranched alkanes of at least 4 members (excludes halogenated alkanes) is 33. The molecule has 0 saturated heterocycles. The largest absolute Gasteiger partial charge is 0.472 e. The van der Waals surface area contributed by atoms with E-state index in [4.69, 9.17) is 37.0 Å². The lowest BCUT2D eigenvalue weighted by molar-refractivity contribution is -0.161. The van der Waals surface area contributed by atoms with E-state index in [1.807, 2.05) is 0 Å². The summed E-state index contributed by atoms with van der Waals surface area (Å²) in [5.74, 6) is -0.646. The van der Waals surface area contributed by atoms with Crippen LogP contribution in [0.5, 0.6) is 0 Å². The Labute approximate surface area is 511 Å². The van der Waals surface area contributed by atoms with Crippen LogP contribution in [0.4, 0.5) is 0 Å². The Kier molecular flexibility index (Phi) is 56.2. The van der Waals surface area contributed by atoms with Crippen molar-refractivity contribution in [3.05, 3.63) is 0 Å². The van der Waals surface area contributed by atoms with Crippen molar-refractivity contribution >= 4 is 39.5 Å². The highest BCUT2D eigenvalue weighted by Gasteiger charge is 2.30. The van der Waals surface area contributed by atoms with Crippen molar-refractivity contribution in [2.24, 2.45) is 11.8 Å². The van der Waals surface area contributed by atoms with Gasteiger partial charge in [-0.2, -0.15) is 0 Å². The Balaban J connectivity index is 5.25. The summed E-state index contributed by atoms with van der Waals surface area (Å²) >= 11 is 0. The molecule has 17 nitrogen and oxygen atoms in total. The summed E-state index contributed by atoms with van der Waals surface area (Å²) in [7, 11) is -9.89. The van der Waals surface area contributed by atoms with Gasteiger partial charge in [0.2, 0.25) is 0 Å². The highest BCUT2D eigenvalue weighted by Crippen LogP contribution is 2.45.